The average Bonchev–Trinajstić information content (AvgIpc) is 2.83. The van der Waals surface area contributed by atoms with Gasteiger partial charge in [0.05, 0.1) is 13.7 Å². The molecular weight excluding hydrogens is 404 g/mol. The second-order valence-corrected chi connectivity index (χ2v) is 6.88. The molecule has 0 radical (unpaired) electrons. The summed E-state index contributed by atoms with van der Waals surface area (Å²) in [6.07, 6.45) is 3.05. The van der Waals surface area contributed by atoms with E-state index in [0.717, 1.165) is 5.56 Å². The molecule has 3 aromatic carbocycles. The molecule has 2 N–H and O–H groups in total. The predicted octanol–water partition coefficient (Wildman–Crippen LogP) is 4.60. The van der Waals surface area contributed by atoms with Crippen molar-refractivity contribution in [1.82, 2.24) is 5.32 Å². The molecule has 6 heteroatoms. The van der Waals surface area contributed by atoms with Gasteiger partial charge in [0, 0.05) is 11.8 Å². The molecule has 0 heterocycles. The second kappa shape index (κ2) is 11.4. The molecule has 0 aliphatic carbocycles. The van der Waals surface area contributed by atoms with Crippen molar-refractivity contribution >= 4 is 23.6 Å². The summed E-state index contributed by atoms with van der Waals surface area (Å²) in [6.45, 7) is 2.43. The van der Waals surface area contributed by atoms with E-state index in [1.165, 1.54) is 6.08 Å². The van der Waals surface area contributed by atoms with Crippen molar-refractivity contribution in [2.75, 3.05) is 19.0 Å². The Hall–Kier alpha value is -4.06. The van der Waals surface area contributed by atoms with Gasteiger partial charge >= 0.3 is 0 Å². The molecule has 3 aromatic rings. The molecule has 2 amide bonds. The number of rotatable bonds is 9. The van der Waals surface area contributed by atoms with Crippen molar-refractivity contribution in [3.63, 3.8) is 0 Å². The van der Waals surface area contributed by atoms with E-state index in [0.29, 0.717) is 29.4 Å². The van der Waals surface area contributed by atoms with Gasteiger partial charge in [0.25, 0.3) is 5.91 Å². The van der Waals surface area contributed by atoms with Crippen LogP contribution in [0.1, 0.15) is 24.1 Å². The molecule has 6 nitrogen and oxygen atoms in total. The van der Waals surface area contributed by atoms with Crippen LogP contribution in [0, 0.1) is 0 Å². The van der Waals surface area contributed by atoms with Crippen LogP contribution < -0.4 is 20.1 Å². The van der Waals surface area contributed by atoms with Crippen LogP contribution in [-0.4, -0.2) is 25.5 Å². The molecule has 0 aromatic heterocycles. The lowest BCUT2D eigenvalue weighted by molar-refractivity contribution is -0.123. The normalized spacial score (nSPS) is 11.6. The fourth-order valence-corrected chi connectivity index (χ4v) is 3.11. The third-order valence-electron chi connectivity index (χ3n) is 4.64. The molecular formula is C26H26N2O4. The third-order valence-corrected chi connectivity index (χ3v) is 4.64. The van der Waals surface area contributed by atoms with Gasteiger partial charge in [-0.15, -0.1) is 0 Å². The molecule has 0 aliphatic heterocycles. The van der Waals surface area contributed by atoms with E-state index in [4.69, 9.17) is 9.47 Å². The summed E-state index contributed by atoms with van der Waals surface area (Å²) >= 11 is 0. The van der Waals surface area contributed by atoms with E-state index in [2.05, 4.69) is 10.6 Å². The number of amides is 2. The molecule has 164 valence electrons. The largest absolute Gasteiger partial charge is 0.493 e. The molecule has 0 fully saturated rings. The molecule has 3 rings (SSSR count). The van der Waals surface area contributed by atoms with Crippen LogP contribution in [0.4, 0.5) is 5.69 Å². The summed E-state index contributed by atoms with van der Waals surface area (Å²) < 4.78 is 10.9. The number of anilines is 1. The van der Waals surface area contributed by atoms with Crippen molar-refractivity contribution in [3.05, 3.63) is 96.1 Å². The number of methoxy groups -OCH3 is 1. The Morgan fingerprint density at radius 3 is 2.28 bits per heavy atom. The van der Waals surface area contributed by atoms with Crippen LogP contribution in [-0.2, 0) is 9.59 Å². The predicted molar refractivity (Wildman–Crippen MR) is 126 cm³/mol. The second-order valence-electron chi connectivity index (χ2n) is 6.88. The van der Waals surface area contributed by atoms with Crippen LogP contribution in [0.2, 0.25) is 0 Å². The lowest BCUT2D eigenvalue weighted by Crippen LogP contribution is -2.36. The minimum atomic E-state index is -0.844. The van der Waals surface area contributed by atoms with E-state index >= 15 is 0 Å². The number of carbonyl (C=O) groups excluding carboxylic acids is 2. The molecule has 1 atom stereocenters. The summed E-state index contributed by atoms with van der Waals surface area (Å²) in [5.41, 5.74) is 2.11. The van der Waals surface area contributed by atoms with Crippen LogP contribution in [0.15, 0.2) is 84.9 Å². The Morgan fingerprint density at radius 1 is 0.938 bits per heavy atom. The van der Waals surface area contributed by atoms with Gasteiger partial charge < -0.3 is 20.1 Å². The first-order valence-electron chi connectivity index (χ1n) is 10.3. The van der Waals surface area contributed by atoms with Crippen LogP contribution >= 0.6 is 0 Å². The maximum Gasteiger partial charge on any atom is 0.251 e. The highest BCUT2D eigenvalue weighted by Gasteiger charge is 2.22. The van der Waals surface area contributed by atoms with E-state index in [1.54, 1.807) is 49.6 Å². The number of benzene rings is 3. The molecule has 1 unspecified atom stereocenters. The molecule has 0 saturated carbocycles. The van der Waals surface area contributed by atoms with Gasteiger partial charge in [0.15, 0.2) is 11.5 Å². The highest BCUT2D eigenvalue weighted by Crippen LogP contribution is 2.28. The average molecular weight is 431 g/mol. The smallest absolute Gasteiger partial charge is 0.251 e. The molecule has 0 bridgehead atoms. The number of hydrogen-bond acceptors (Lipinski definition) is 4. The standard InChI is InChI=1S/C26H26N2O4/c1-3-32-22-16-14-19(18-23(22)31-2)15-17-24(29)28-25(20-10-6-4-7-11-20)26(30)27-21-12-8-5-9-13-21/h4-18,25H,3H2,1-2H3,(H,27,30)(H,28,29)/b17-15+. The van der Waals surface area contributed by atoms with E-state index in [9.17, 15) is 9.59 Å². The van der Waals surface area contributed by atoms with E-state index in [1.807, 2.05) is 49.4 Å². The Labute approximate surface area is 187 Å². The minimum Gasteiger partial charge on any atom is -0.493 e. The van der Waals surface area contributed by atoms with Crippen LogP contribution in [0.25, 0.3) is 6.08 Å². The van der Waals surface area contributed by atoms with Gasteiger partial charge in [-0.2, -0.15) is 0 Å². The number of hydrogen-bond donors (Lipinski definition) is 2. The fourth-order valence-electron chi connectivity index (χ4n) is 3.11. The van der Waals surface area contributed by atoms with Gasteiger partial charge in [0.2, 0.25) is 5.91 Å². The minimum absolute atomic E-state index is 0.327. The van der Waals surface area contributed by atoms with Crippen LogP contribution in [0.3, 0.4) is 0 Å². The number of carbonyl (C=O) groups is 2. The highest BCUT2D eigenvalue weighted by molar-refractivity contribution is 6.00. The Bertz CT molecular complexity index is 1070. The molecule has 0 saturated heterocycles. The molecule has 0 aliphatic rings. The zero-order chi connectivity index (χ0) is 22.8. The van der Waals surface area contributed by atoms with Crippen molar-refractivity contribution in [3.8, 4) is 11.5 Å². The van der Waals surface area contributed by atoms with E-state index in [-0.39, 0.29) is 5.91 Å². The fraction of sp³-hybridized carbons (Fsp3) is 0.154. The monoisotopic (exact) mass is 430 g/mol. The maximum atomic E-state index is 12.9. The van der Waals surface area contributed by atoms with Gasteiger partial charge in [0.1, 0.15) is 6.04 Å². The quantitative estimate of drug-likeness (QED) is 0.487. The van der Waals surface area contributed by atoms with Gasteiger partial charge in [-0.05, 0) is 48.4 Å². The summed E-state index contributed by atoms with van der Waals surface area (Å²) in [7, 11) is 1.56. The summed E-state index contributed by atoms with van der Waals surface area (Å²) in [4.78, 5) is 25.6. The first-order valence-corrected chi connectivity index (χ1v) is 10.3. The lowest BCUT2D eigenvalue weighted by Gasteiger charge is -2.18. The Kier molecular flexibility index (Phi) is 8.03. The van der Waals surface area contributed by atoms with Crippen molar-refractivity contribution in [1.29, 1.82) is 0 Å². The lowest BCUT2D eigenvalue weighted by atomic mass is 10.1. The van der Waals surface area contributed by atoms with Crippen molar-refractivity contribution in [2.24, 2.45) is 0 Å². The van der Waals surface area contributed by atoms with Crippen molar-refractivity contribution < 1.29 is 19.1 Å². The third kappa shape index (κ3) is 6.22. The zero-order valence-electron chi connectivity index (χ0n) is 18.1. The molecule has 32 heavy (non-hydrogen) atoms. The zero-order valence-corrected chi connectivity index (χ0v) is 18.1. The number of para-hydroxylation sites is 1. The first-order chi connectivity index (χ1) is 15.6. The number of ether oxygens (including phenoxy) is 2. The SMILES string of the molecule is CCOc1ccc(/C=C/C(=O)NC(C(=O)Nc2ccccc2)c2ccccc2)cc1OC. The van der Waals surface area contributed by atoms with Gasteiger partial charge in [-0.1, -0.05) is 54.6 Å². The highest BCUT2D eigenvalue weighted by atomic mass is 16.5. The summed E-state index contributed by atoms with van der Waals surface area (Å²) in [5.74, 6) is 0.499. The Balaban J connectivity index is 1.74. The first kappa shape index (κ1) is 22.6. The molecule has 0 spiro atoms. The van der Waals surface area contributed by atoms with Gasteiger partial charge in [-0.25, -0.2) is 0 Å². The summed E-state index contributed by atoms with van der Waals surface area (Å²) in [5, 5.41) is 5.63. The summed E-state index contributed by atoms with van der Waals surface area (Å²) in [6, 6.07) is 22.8. The van der Waals surface area contributed by atoms with Crippen molar-refractivity contribution in [2.45, 2.75) is 13.0 Å². The van der Waals surface area contributed by atoms with E-state index < -0.39 is 11.9 Å². The Morgan fingerprint density at radius 2 is 1.62 bits per heavy atom. The van der Waals surface area contributed by atoms with Crippen LogP contribution in [0.5, 0.6) is 11.5 Å². The number of nitrogens with one attached hydrogen (secondary N) is 2. The maximum absolute atomic E-state index is 12.9. The topological polar surface area (TPSA) is 76.7 Å². The van der Waals surface area contributed by atoms with Gasteiger partial charge in [-0.3, -0.25) is 9.59 Å².